The minimum absolute atomic E-state index is 0.151. The normalized spacial score (nSPS) is 9.62. The number of hydrogen-bond acceptors (Lipinski definition) is 5. The standard InChI is InChI=1S/C14H13Cl2N3O.C2H2O4/c15-11-5-3-6-12(16)14(11)19-13(20)9-17-8-10-4-1-2-7-18-10;3-1(4)2(5)6/h1-7,17H,8-9H2,(H,19,20);(H,3,4)(H,5,6). The van der Waals surface area contributed by atoms with E-state index < -0.39 is 11.9 Å². The first-order valence-corrected chi connectivity index (χ1v) is 7.87. The summed E-state index contributed by atoms with van der Waals surface area (Å²) < 4.78 is 0. The number of hydrogen-bond donors (Lipinski definition) is 4. The summed E-state index contributed by atoms with van der Waals surface area (Å²) in [6.07, 6.45) is 1.71. The van der Waals surface area contributed by atoms with Crippen LogP contribution in [0.3, 0.4) is 0 Å². The van der Waals surface area contributed by atoms with Crippen LogP contribution in [0.25, 0.3) is 0 Å². The molecule has 26 heavy (non-hydrogen) atoms. The van der Waals surface area contributed by atoms with Gasteiger partial charge in [-0.2, -0.15) is 0 Å². The zero-order valence-corrected chi connectivity index (χ0v) is 14.8. The van der Waals surface area contributed by atoms with Crippen LogP contribution in [0.4, 0.5) is 5.69 Å². The number of halogens is 2. The summed E-state index contributed by atoms with van der Waals surface area (Å²) in [7, 11) is 0. The van der Waals surface area contributed by atoms with Crippen molar-refractivity contribution in [1.82, 2.24) is 10.3 Å². The smallest absolute Gasteiger partial charge is 0.414 e. The number of amides is 1. The van der Waals surface area contributed by atoms with E-state index in [-0.39, 0.29) is 12.5 Å². The zero-order chi connectivity index (χ0) is 19.5. The SMILES string of the molecule is O=C(CNCc1ccccn1)Nc1c(Cl)cccc1Cl.O=C(O)C(=O)O. The predicted octanol–water partition coefficient (Wildman–Crippen LogP) is 2.27. The highest BCUT2D eigenvalue weighted by Crippen LogP contribution is 2.29. The van der Waals surface area contributed by atoms with Gasteiger partial charge in [-0.15, -0.1) is 0 Å². The molecule has 1 amide bonds. The molecule has 0 atom stereocenters. The van der Waals surface area contributed by atoms with Crippen molar-refractivity contribution >= 4 is 46.7 Å². The van der Waals surface area contributed by atoms with Gasteiger partial charge in [-0.05, 0) is 24.3 Å². The number of nitrogens with zero attached hydrogens (tertiary/aromatic N) is 1. The molecule has 1 heterocycles. The van der Waals surface area contributed by atoms with Crippen molar-refractivity contribution in [2.24, 2.45) is 0 Å². The van der Waals surface area contributed by atoms with E-state index in [0.717, 1.165) is 5.69 Å². The number of para-hydroxylation sites is 1. The van der Waals surface area contributed by atoms with Gasteiger partial charge in [-0.1, -0.05) is 35.3 Å². The molecule has 0 radical (unpaired) electrons. The van der Waals surface area contributed by atoms with Crippen LogP contribution in [0.5, 0.6) is 0 Å². The van der Waals surface area contributed by atoms with Crippen LogP contribution in [0.2, 0.25) is 10.0 Å². The molecule has 10 heteroatoms. The van der Waals surface area contributed by atoms with Gasteiger partial charge in [0, 0.05) is 12.7 Å². The monoisotopic (exact) mass is 399 g/mol. The number of carbonyl (C=O) groups excluding carboxylic acids is 1. The van der Waals surface area contributed by atoms with E-state index in [1.807, 2.05) is 18.2 Å². The van der Waals surface area contributed by atoms with Crippen molar-refractivity contribution < 1.29 is 24.6 Å². The first-order valence-electron chi connectivity index (χ1n) is 7.12. The third-order valence-electron chi connectivity index (χ3n) is 2.73. The van der Waals surface area contributed by atoms with Crippen molar-refractivity contribution in [3.05, 3.63) is 58.3 Å². The van der Waals surface area contributed by atoms with Gasteiger partial charge < -0.3 is 20.8 Å². The van der Waals surface area contributed by atoms with E-state index in [1.165, 1.54) is 0 Å². The highest BCUT2D eigenvalue weighted by atomic mass is 35.5. The molecule has 0 unspecified atom stereocenters. The Morgan fingerprint density at radius 3 is 2.08 bits per heavy atom. The van der Waals surface area contributed by atoms with E-state index >= 15 is 0 Å². The van der Waals surface area contributed by atoms with E-state index in [4.69, 9.17) is 43.0 Å². The highest BCUT2D eigenvalue weighted by Gasteiger charge is 2.09. The molecule has 2 rings (SSSR count). The molecule has 8 nitrogen and oxygen atoms in total. The molecule has 138 valence electrons. The molecule has 4 N–H and O–H groups in total. The average Bonchev–Trinajstić information content (AvgIpc) is 2.60. The minimum Gasteiger partial charge on any atom is -0.473 e. The molecule has 1 aromatic carbocycles. The van der Waals surface area contributed by atoms with Gasteiger partial charge in [0.05, 0.1) is 28.0 Å². The summed E-state index contributed by atoms with van der Waals surface area (Å²) in [5, 5.41) is 21.3. The molecule has 0 saturated carbocycles. The third-order valence-corrected chi connectivity index (χ3v) is 3.36. The van der Waals surface area contributed by atoms with Crippen molar-refractivity contribution in [2.75, 3.05) is 11.9 Å². The summed E-state index contributed by atoms with van der Waals surface area (Å²) in [5.74, 6) is -3.86. The quantitative estimate of drug-likeness (QED) is 0.567. The number of carboxylic acid groups (broad SMARTS) is 2. The molecular weight excluding hydrogens is 385 g/mol. The Labute approximate surface area is 158 Å². The van der Waals surface area contributed by atoms with Gasteiger partial charge in [-0.3, -0.25) is 9.78 Å². The highest BCUT2D eigenvalue weighted by molar-refractivity contribution is 6.39. The molecule has 0 aliphatic heterocycles. The first-order chi connectivity index (χ1) is 12.3. The molecule has 0 bridgehead atoms. The van der Waals surface area contributed by atoms with E-state index in [2.05, 4.69) is 15.6 Å². The number of aliphatic carboxylic acids is 2. The molecule has 0 saturated heterocycles. The average molecular weight is 400 g/mol. The third kappa shape index (κ3) is 7.93. The lowest BCUT2D eigenvalue weighted by molar-refractivity contribution is -0.159. The number of benzene rings is 1. The second-order valence-electron chi connectivity index (χ2n) is 4.68. The van der Waals surface area contributed by atoms with Crippen LogP contribution in [0.1, 0.15) is 5.69 Å². The van der Waals surface area contributed by atoms with Crippen molar-refractivity contribution in [3.8, 4) is 0 Å². The molecule has 0 fully saturated rings. The molecule has 0 spiro atoms. The maximum absolute atomic E-state index is 11.8. The summed E-state index contributed by atoms with van der Waals surface area (Å²) in [4.78, 5) is 34.1. The molecular formula is C16H15Cl2N3O5. The maximum Gasteiger partial charge on any atom is 0.414 e. The number of nitrogens with one attached hydrogen (secondary N) is 2. The second-order valence-corrected chi connectivity index (χ2v) is 5.49. The number of aromatic nitrogens is 1. The Morgan fingerprint density at radius 1 is 0.962 bits per heavy atom. The van der Waals surface area contributed by atoms with E-state index in [0.29, 0.717) is 22.3 Å². The van der Waals surface area contributed by atoms with Gasteiger partial charge in [0.15, 0.2) is 0 Å². The first kappa shape index (κ1) is 21.4. The van der Waals surface area contributed by atoms with E-state index in [1.54, 1.807) is 24.4 Å². The van der Waals surface area contributed by atoms with Crippen molar-refractivity contribution in [1.29, 1.82) is 0 Å². The fourth-order valence-electron chi connectivity index (χ4n) is 1.61. The summed E-state index contributed by atoms with van der Waals surface area (Å²) >= 11 is 11.9. The van der Waals surface area contributed by atoms with Crippen molar-refractivity contribution in [2.45, 2.75) is 6.54 Å². The predicted molar refractivity (Wildman–Crippen MR) is 96.3 cm³/mol. The van der Waals surface area contributed by atoms with Gasteiger partial charge in [-0.25, -0.2) is 9.59 Å². The Morgan fingerprint density at radius 2 is 1.58 bits per heavy atom. The minimum atomic E-state index is -1.82. The fraction of sp³-hybridized carbons (Fsp3) is 0.125. The summed E-state index contributed by atoms with van der Waals surface area (Å²) in [6.45, 7) is 0.669. The van der Waals surface area contributed by atoms with Crippen LogP contribution in [0.15, 0.2) is 42.6 Å². The van der Waals surface area contributed by atoms with Crippen molar-refractivity contribution in [3.63, 3.8) is 0 Å². The lowest BCUT2D eigenvalue weighted by Crippen LogP contribution is -2.28. The number of carbonyl (C=O) groups is 3. The number of rotatable bonds is 5. The number of carboxylic acids is 2. The Kier molecular flexibility index (Phi) is 9.07. The lowest BCUT2D eigenvalue weighted by Gasteiger charge is -2.09. The Balaban J connectivity index is 0.000000487. The Hall–Kier alpha value is -2.68. The lowest BCUT2D eigenvalue weighted by atomic mass is 10.3. The molecule has 2 aromatic rings. The van der Waals surface area contributed by atoms with Gasteiger partial charge >= 0.3 is 11.9 Å². The molecule has 0 aliphatic rings. The van der Waals surface area contributed by atoms with Gasteiger partial charge in [0.25, 0.3) is 0 Å². The van der Waals surface area contributed by atoms with E-state index in [9.17, 15) is 4.79 Å². The second kappa shape index (κ2) is 11.0. The Bertz CT molecular complexity index is 739. The topological polar surface area (TPSA) is 129 Å². The van der Waals surface area contributed by atoms with Crippen LogP contribution < -0.4 is 10.6 Å². The molecule has 1 aromatic heterocycles. The van der Waals surface area contributed by atoms with Gasteiger partial charge in [0.1, 0.15) is 0 Å². The maximum atomic E-state index is 11.8. The summed E-state index contributed by atoms with van der Waals surface area (Å²) in [6, 6.07) is 10.7. The number of pyridine rings is 1. The van der Waals surface area contributed by atoms with Crippen LogP contribution in [-0.2, 0) is 20.9 Å². The number of anilines is 1. The zero-order valence-electron chi connectivity index (χ0n) is 13.3. The fourth-order valence-corrected chi connectivity index (χ4v) is 2.10. The van der Waals surface area contributed by atoms with Crippen LogP contribution in [-0.4, -0.2) is 39.6 Å². The van der Waals surface area contributed by atoms with Gasteiger partial charge in [0.2, 0.25) is 5.91 Å². The summed E-state index contributed by atoms with van der Waals surface area (Å²) in [5.41, 5.74) is 1.30. The van der Waals surface area contributed by atoms with Crippen LogP contribution >= 0.6 is 23.2 Å². The van der Waals surface area contributed by atoms with Crippen LogP contribution in [0, 0.1) is 0 Å². The molecule has 0 aliphatic carbocycles. The largest absolute Gasteiger partial charge is 0.473 e.